The Morgan fingerprint density at radius 2 is 1.64 bits per heavy atom. The first-order valence-electron chi connectivity index (χ1n) is 14.9. The van der Waals surface area contributed by atoms with Gasteiger partial charge >= 0.3 is 0 Å². The summed E-state index contributed by atoms with van der Waals surface area (Å²) in [7, 11) is 1.67. The quantitative estimate of drug-likeness (QED) is 0.187. The van der Waals surface area contributed by atoms with E-state index in [1.54, 1.807) is 19.4 Å². The molecule has 226 valence electrons. The number of aryl methyl sites for hydroxylation is 1. The number of methoxy groups -OCH3 is 1. The topological polar surface area (TPSA) is 90.5 Å². The van der Waals surface area contributed by atoms with Gasteiger partial charge in [0.15, 0.2) is 5.82 Å². The summed E-state index contributed by atoms with van der Waals surface area (Å²) in [6, 6.07) is 28.6. The van der Waals surface area contributed by atoms with Gasteiger partial charge < -0.3 is 14.6 Å². The summed E-state index contributed by atoms with van der Waals surface area (Å²) >= 11 is 0. The van der Waals surface area contributed by atoms with E-state index in [0.717, 1.165) is 50.3 Å². The summed E-state index contributed by atoms with van der Waals surface area (Å²) in [5.41, 5.74) is 6.38. The number of hydrogen-bond donors (Lipinski definition) is 1. The number of nitrogens with zero attached hydrogens (tertiary/aromatic N) is 4. The summed E-state index contributed by atoms with van der Waals surface area (Å²) < 4.78 is 9.03. The second-order valence-electron chi connectivity index (χ2n) is 11.4. The zero-order valence-corrected chi connectivity index (χ0v) is 26.0. The van der Waals surface area contributed by atoms with Gasteiger partial charge in [-0.1, -0.05) is 62.4 Å². The first-order chi connectivity index (χ1) is 21.8. The molecule has 1 N–H and O–H groups in total. The highest BCUT2D eigenvalue weighted by atomic mass is 16.5. The first-order valence-corrected chi connectivity index (χ1v) is 14.9. The van der Waals surface area contributed by atoms with E-state index in [-0.39, 0.29) is 23.9 Å². The predicted molar refractivity (Wildman–Crippen MR) is 182 cm³/mol. The molecule has 2 heterocycles. The highest BCUT2D eigenvalue weighted by Crippen LogP contribution is 2.34. The number of para-hydroxylation sites is 3. The van der Waals surface area contributed by atoms with Crippen LogP contribution in [0.1, 0.15) is 42.1 Å². The Balaban J connectivity index is 1.49. The van der Waals surface area contributed by atoms with Gasteiger partial charge in [-0.05, 0) is 73.4 Å². The second-order valence-corrected chi connectivity index (χ2v) is 11.4. The molecule has 8 heteroatoms. The van der Waals surface area contributed by atoms with Crippen molar-refractivity contribution in [3.05, 3.63) is 124 Å². The lowest BCUT2D eigenvalue weighted by molar-refractivity contribution is -0.116. The van der Waals surface area contributed by atoms with E-state index in [1.807, 2.05) is 103 Å². The van der Waals surface area contributed by atoms with Crippen molar-refractivity contribution >= 4 is 39.6 Å². The maximum atomic E-state index is 14.0. The van der Waals surface area contributed by atoms with Gasteiger partial charge in [0.2, 0.25) is 5.91 Å². The average molecular weight is 598 g/mol. The summed E-state index contributed by atoms with van der Waals surface area (Å²) in [5.74, 6) is 1.29. The minimum atomic E-state index is -0.267. The number of anilines is 1. The number of hydrogen-bond acceptors (Lipinski definition) is 5. The maximum Gasteiger partial charge on any atom is 0.282 e. The Kier molecular flexibility index (Phi) is 8.04. The van der Waals surface area contributed by atoms with Gasteiger partial charge in [0.25, 0.3) is 5.56 Å². The van der Waals surface area contributed by atoms with Crippen LogP contribution in [0.4, 0.5) is 5.69 Å². The average Bonchev–Trinajstić information content (AvgIpc) is 3.30. The molecule has 0 saturated heterocycles. The predicted octanol–water partition coefficient (Wildman–Crippen LogP) is 7.29. The van der Waals surface area contributed by atoms with Crippen molar-refractivity contribution in [3.8, 4) is 17.1 Å². The van der Waals surface area contributed by atoms with E-state index in [0.29, 0.717) is 16.7 Å². The number of carbonyl (C=O) groups excluding carboxylic acids is 1. The number of amides is 1. The molecular formula is C37H35N5O3. The molecular weight excluding hydrogens is 562 g/mol. The number of nitrogens with one attached hydrogen (secondary N) is 1. The van der Waals surface area contributed by atoms with Gasteiger partial charge in [-0.3, -0.25) is 9.59 Å². The van der Waals surface area contributed by atoms with Crippen molar-refractivity contribution in [1.82, 2.24) is 14.2 Å². The van der Waals surface area contributed by atoms with Crippen molar-refractivity contribution in [1.29, 1.82) is 0 Å². The molecule has 0 radical (unpaired) electrons. The number of ether oxygens (including phenoxy) is 1. The summed E-state index contributed by atoms with van der Waals surface area (Å²) in [4.78, 5) is 32.0. The van der Waals surface area contributed by atoms with E-state index in [1.165, 1.54) is 4.68 Å². The molecule has 45 heavy (non-hydrogen) atoms. The van der Waals surface area contributed by atoms with Crippen molar-refractivity contribution in [3.63, 3.8) is 0 Å². The number of fused-ring (bicyclic) bond motifs is 2. The van der Waals surface area contributed by atoms with Crippen molar-refractivity contribution in [2.75, 3.05) is 12.4 Å². The van der Waals surface area contributed by atoms with E-state index in [9.17, 15) is 9.59 Å². The molecule has 0 bridgehead atoms. The molecule has 8 nitrogen and oxygen atoms in total. The smallest absolute Gasteiger partial charge is 0.282 e. The summed E-state index contributed by atoms with van der Waals surface area (Å²) in [5, 5.41) is 9.18. The fraction of sp³-hybridized carbons (Fsp3) is 0.189. The molecule has 0 atom stereocenters. The largest absolute Gasteiger partial charge is 0.496 e. The van der Waals surface area contributed by atoms with Crippen molar-refractivity contribution in [2.24, 2.45) is 5.10 Å². The normalized spacial score (nSPS) is 11.6. The maximum absolute atomic E-state index is 14.0. The molecule has 0 aliphatic heterocycles. The van der Waals surface area contributed by atoms with Crippen LogP contribution in [0.3, 0.4) is 0 Å². The van der Waals surface area contributed by atoms with Crippen LogP contribution in [0.25, 0.3) is 33.2 Å². The fourth-order valence-corrected chi connectivity index (χ4v) is 5.78. The molecule has 0 saturated carbocycles. The molecule has 0 aliphatic rings. The van der Waals surface area contributed by atoms with Crippen LogP contribution in [0.15, 0.2) is 101 Å². The summed E-state index contributed by atoms with van der Waals surface area (Å²) in [6.07, 6.45) is 1.70. The molecule has 1 amide bonds. The Labute approximate surface area is 261 Å². The molecule has 0 spiro atoms. The molecule has 0 aliphatic carbocycles. The van der Waals surface area contributed by atoms with E-state index >= 15 is 0 Å². The number of carbonyl (C=O) groups is 1. The summed E-state index contributed by atoms with van der Waals surface area (Å²) in [6.45, 7) is 8.28. The van der Waals surface area contributed by atoms with E-state index in [2.05, 4.69) is 19.2 Å². The van der Waals surface area contributed by atoms with E-state index < -0.39 is 0 Å². The van der Waals surface area contributed by atoms with Crippen LogP contribution in [0.5, 0.6) is 5.75 Å². The Morgan fingerprint density at radius 1 is 0.956 bits per heavy atom. The molecule has 6 aromatic rings. The Hall–Kier alpha value is -5.50. The van der Waals surface area contributed by atoms with Gasteiger partial charge in [-0.25, -0.2) is 4.98 Å². The van der Waals surface area contributed by atoms with Gasteiger partial charge in [0, 0.05) is 33.4 Å². The molecule has 0 fully saturated rings. The minimum Gasteiger partial charge on any atom is -0.496 e. The van der Waals surface area contributed by atoms with Crippen LogP contribution in [-0.4, -0.2) is 33.5 Å². The van der Waals surface area contributed by atoms with Crippen LogP contribution >= 0.6 is 0 Å². The van der Waals surface area contributed by atoms with Gasteiger partial charge in [0.05, 0.1) is 24.2 Å². The lowest BCUT2D eigenvalue weighted by Gasteiger charge is -2.17. The third-order valence-corrected chi connectivity index (χ3v) is 8.13. The lowest BCUT2D eigenvalue weighted by Crippen LogP contribution is -2.21. The zero-order valence-electron chi connectivity index (χ0n) is 26.0. The lowest BCUT2D eigenvalue weighted by atomic mass is 9.96. The van der Waals surface area contributed by atoms with Crippen LogP contribution in [-0.2, 0) is 11.3 Å². The molecule has 2 aromatic heterocycles. The number of aromatic nitrogens is 3. The molecule has 0 unspecified atom stereocenters. The van der Waals surface area contributed by atoms with Crippen LogP contribution < -0.4 is 15.6 Å². The highest BCUT2D eigenvalue weighted by Gasteiger charge is 2.20. The van der Waals surface area contributed by atoms with Gasteiger partial charge in [-0.2, -0.15) is 9.78 Å². The minimum absolute atomic E-state index is 0.126. The zero-order chi connectivity index (χ0) is 31.7. The SMILES string of the molecule is COc1cc(C)c(-c2nc3ccccc3c(=O)n2N=Cc2c(C)n(CC(=O)Nc3ccccc3)c3ccccc23)cc1C(C)C. The van der Waals surface area contributed by atoms with Gasteiger partial charge in [-0.15, -0.1) is 0 Å². The number of rotatable bonds is 8. The molecule has 4 aromatic carbocycles. The molecule has 6 rings (SSSR count). The van der Waals surface area contributed by atoms with Crippen LogP contribution in [0.2, 0.25) is 0 Å². The van der Waals surface area contributed by atoms with Crippen LogP contribution in [0, 0.1) is 13.8 Å². The number of benzene rings is 4. The monoisotopic (exact) mass is 597 g/mol. The highest BCUT2D eigenvalue weighted by molar-refractivity contribution is 6.02. The first kappa shape index (κ1) is 29.6. The third kappa shape index (κ3) is 5.62. The standard InChI is InChI=1S/C37H35N5O3/c1-23(2)29-20-30(24(3)19-34(29)45-5)36-40-32-17-11-9-16-28(32)37(44)42(36)38-21-31-25(4)41(33-18-12-10-15-27(31)33)22-35(43)39-26-13-7-6-8-14-26/h6-21,23H,22H2,1-5H3,(H,39,43). The Morgan fingerprint density at radius 3 is 2.38 bits per heavy atom. The van der Waals surface area contributed by atoms with E-state index in [4.69, 9.17) is 14.8 Å². The van der Waals surface area contributed by atoms with Gasteiger partial charge in [0.1, 0.15) is 12.3 Å². The van der Waals surface area contributed by atoms with Crippen molar-refractivity contribution in [2.45, 2.75) is 40.2 Å². The fourth-order valence-electron chi connectivity index (χ4n) is 5.78. The van der Waals surface area contributed by atoms with Crippen molar-refractivity contribution < 1.29 is 9.53 Å². The third-order valence-electron chi connectivity index (χ3n) is 8.13. The Bertz CT molecular complexity index is 2140. The second kappa shape index (κ2) is 12.2.